The maximum absolute atomic E-state index is 13.8. The van der Waals surface area contributed by atoms with Crippen LogP contribution in [0.25, 0.3) is 0 Å². The van der Waals surface area contributed by atoms with Crippen LogP contribution in [-0.4, -0.2) is 0 Å². The zero-order chi connectivity index (χ0) is 14.4. The Morgan fingerprint density at radius 2 is 1.90 bits per heavy atom. The standard InChI is InChI=1S/C16H18ClFN2/c17-13-9-10-15(18)14(11-13)16(20-19)8-4-7-12-5-2-1-3-6-12/h1-3,5-6,9-11,16,20H,4,7-8,19H2. The van der Waals surface area contributed by atoms with Gasteiger partial charge >= 0.3 is 0 Å². The van der Waals surface area contributed by atoms with Gasteiger partial charge in [-0.05, 0) is 43.0 Å². The van der Waals surface area contributed by atoms with Crippen LogP contribution in [0.2, 0.25) is 5.02 Å². The fourth-order valence-corrected chi connectivity index (χ4v) is 2.45. The second kappa shape index (κ2) is 7.39. The number of aryl methyl sites for hydroxylation is 1. The average molecular weight is 293 g/mol. The molecule has 4 heteroatoms. The molecule has 0 amide bonds. The third kappa shape index (κ3) is 4.04. The number of nitrogens with one attached hydrogen (secondary N) is 1. The van der Waals surface area contributed by atoms with Crippen molar-refractivity contribution >= 4 is 11.6 Å². The highest BCUT2D eigenvalue weighted by Crippen LogP contribution is 2.24. The number of hydrazine groups is 1. The van der Waals surface area contributed by atoms with Crippen LogP contribution in [-0.2, 0) is 6.42 Å². The molecule has 20 heavy (non-hydrogen) atoms. The normalized spacial score (nSPS) is 12.3. The van der Waals surface area contributed by atoms with E-state index >= 15 is 0 Å². The predicted octanol–water partition coefficient (Wildman–Crippen LogP) is 4.01. The molecule has 0 aliphatic carbocycles. The van der Waals surface area contributed by atoms with Crippen molar-refractivity contribution in [1.29, 1.82) is 0 Å². The molecule has 0 fully saturated rings. The van der Waals surface area contributed by atoms with Gasteiger partial charge < -0.3 is 0 Å². The molecule has 2 rings (SSSR count). The van der Waals surface area contributed by atoms with Crippen LogP contribution in [0.4, 0.5) is 4.39 Å². The number of rotatable bonds is 6. The van der Waals surface area contributed by atoms with Crippen molar-refractivity contribution in [1.82, 2.24) is 5.43 Å². The largest absolute Gasteiger partial charge is 0.271 e. The summed E-state index contributed by atoms with van der Waals surface area (Å²) in [7, 11) is 0. The summed E-state index contributed by atoms with van der Waals surface area (Å²) in [6.45, 7) is 0. The van der Waals surface area contributed by atoms with Crippen LogP contribution < -0.4 is 11.3 Å². The molecule has 0 radical (unpaired) electrons. The molecule has 0 aliphatic rings. The average Bonchev–Trinajstić information content (AvgIpc) is 2.48. The summed E-state index contributed by atoms with van der Waals surface area (Å²) in [4.78, 5) is 0. The van der Waals surface area contributed by atoms with Crippen molar-refractivity contribution in [3.8, 4) is 0 Å². The van der Waals surface area contributed by atoms with Crippen molar-refractivity contribution in [2.75, 3.05) is 0 Å². The molecule has 0 saturated heterocycles. The summed E-state index contributed by atoms with van der Waals surface area (Å²) >= 11 is 5.91. The van der Waals surface area contributed by atoms with Crippen LogP contribution in [0.5, 0.6) is 0 Å². The maximum atomic E-state index is 13.8. The Hall–Kier alpha value is -1.42. The molecule has 2 aromatic rings. The number of hydrogen-bond donors (Lipinski definition) is 2. The zero-order valence-corrected chi connectivity index (χ0v) is 11.9. The summed E-state index contributed by atoms with van der Waals surface area (Å²) < 4.78 is 13.8. The van der Waals surface area contributed by atoms with Gasteiger partial charge in [0.2, 0.25) is 0 Å². The summed E-state index contributed by atoms with van der Waals surface area (Å²) in [5, 5.41) is 0.518. The Kier molecular flexibility index (Phi) is 5.53. The Morgan fingerprint density at radius 3 is 2.60 bits per heavy atom. The van der Waals surface area contributed by atoms with E-state index in [0.29, 0.717) is 10.6 Å². The van der Waals surface area contributed by atoms with Gasteiger partial charge in [0.05, 0.1) is 0 Å². The van der Waals surface area contributed by atoms with Gasteiger partial charge in [0.1, 0.15) is 5.82 Å². The van der Waals surface area contributed by atoms with Gasteiger partial charge in [0, 0.05) is 16.6 Å². The summed E-state index contributed by atoms with van der Waals surface area (Å²) in [5.74, 6) is 5.26. The molecule has 2 nitrogen and oxygen atoms in total. The van der Waals surface area contributed by atoms with Crippen LogP contribution in [0.3, 0.4) is 0 Å². The van der Waals surface area contributed by atoms with Gasteiger partial charge in [0.25, 0.3) is 0 Å². The van der Waals surface area contributed by atoms with Gasteiger partial charge in [-0.1, -0.05) is 41.9 Å². The third-order valence-corrected chi connectivity index (χ3v) is 3.57. The molecule has 1 unspecified atom stereocenters. The van der Waals surface area contributed by atoms with Crippen molar-refractivity contribution in [2.45, 2.75) is 25.3 Å². The highest BCUT2D eigenvalue weighted by molar-refractivity contribution is 6.30. The van der Waals surface area contributed by atoms with E-state index in [1.54, 1.807) is 6.07 Å². The monoisotopic (exact) mass is 292 g/mol. The third-order valence-electron chi connectivity index (χ3n) is 3.34. The smallest absolute Gasteiger partial charge is 0.128 e. The van der Waals surface area contributed by atoms with Crippen LogP contribution in [0.15, 0.2) is 48.5 Å². The van der Waals surface area contributed by atoms with E-state index in [9.17, 15) is 4.39 Å². The van der Waals surface area contributed by atoms with Gasteiger partial charge in [-0.25, -0.2) is 4.39 Å². The lowest BCUT2D eigenvalue weighted by atomic mass is 9.99. The van der Waals surface area contributed by atoms with Crippen LogP contribution in [0.1, 0.15) is 30.0 Å². The van der Waals surface area contributed by atoms with Gasteiger partial charge in [-0.2, -0.15) is 0 Å². The van der Waals surface area contributed by atoms with Gasteiger partial charge in [-0.15, -0.1) is 0 Å². The molecule has 0 saturated carbocycles. The van der Waals surface area contributed by atoms with Crippen molar-refractivity contribution in [3.05, 3.63) is 70.5 Å². The highest BCUT2D eigenvalue weighted by Gasteiger charge is 2.14. The molecule has 0 bridgehead atoms. The van der Waals surface area contributed by atoms with Gasteiger partial charge in [-0.3, -0.25) is 11.3 Å². The second-order valence-corrected chi connectivity index (χ2v) is 5.20. The molecule has 106 valence electrons. The lowest BCUT2D eigenvalue weighted by Gasteiger charge is -2.17. The van der Waals surface area contributed by atoms with E-state index in [2.05, 4.69) is 17.6 Å². The first-order valence-corrected chi connectivity index (χ1v) is 7.03. The Morgan fingerprint density at radius 1 is 1.15 bits per heavy atom. The Labute approximate surface area is 123 Å². The minimum Gasteiger partial charge on any atom is -0.271 e. The molecule has 0 spiro atoms. The number of nitrogens with two attached hydrogens (primary N) is 1. The van der Waals surface area contributed by atoms with E-state index < -0.39 is 0 Å². The quantitative estimate of drug-likeness (QED) is 0.624. The molecule has 0 aromatic heterocycles. The second-order valence-electron chi connectivity index (χ2n) is 4.76. The molecule has 1 atom stereocenters. The predicted molar refractivity (Wildman–Crippen MR) is 80.9 cm³/mol. The number of benzene rings is 2. The first-order valence-electron chi connectivity index (χ1n) is 6.65. The van der Waals surface area contributed by atoms with Crippen molar-refractivity contribution in [3.63, 3.8) is 0 Å². The first-order chi connectivity index (χ1) is 9.70. The lowest BCUT2D eigenvalue weighted by molar-refractivity contribution is 0.472. The van der Waals surface area contributed by atoms with Gasteiger partial charge in [0.15, 0.2) is 0 Å². The molecule has 2 aromatic carbocycles. The molecule has 3 N–H and O–H groups in total. The van der Waals surface area contributed by atoms with E-state index in [0.717, 1.165) is 19.3 Å². The van der Waals surface area contributed by atoms with E-state index in [-0.39, 0.29) is 11.9 Å². The lowest BCUT2D eigenvalue weighted by Crippen LogP contribution is -2.28. The highest BCUT2D eigenvalue weighted by atomic mass is 35.5. The molecule has 0 heterocycles. The summed E-state index contributed by atoms with van der Waals surface area (Å²) in [5.41, 5.74) is 4.47. The SMILES string of the molecule is NNC(CCCc1ccccc1)c1cc(Cl)ccc1F. The van der Waals surface area contributed by atoms with E-state index in [1.807, 2.05) is 18.2 Å². The fourth-order valence-electron chi connectivity index (χ4n) is 2.27. The van der Waals surface area contributed by atoms with Crippen LogP contribution >= 0.6 is 11.6 Å². The molecule has 0 aliphatic heterocycles. The zero-order valence-electron chi connectivity index (χ0n) is 11.2. The first kappa shape index (κ1) is 15.0. The van der Waals surface area contributed by atoms with Crippen molar-refractivity contribution < 1.29 is 4.39 Å². The fraction of sp³-hybridized carbons (Fsp3) is 0.250. The molecular formula is C16H18ClFN2. The van der Waals surface area contributed by atoms with E-state index in [1.165, 1.54) is 17.7 Å². The topological polar surface area (TPSA) is 38.0 Å². The minimum absolute atomic E-state index is 0.225. The number of halogens is 2. The maximum Gasteiger partial charge on any atom is 0.128 e. The van der Waals surface area contributed by atoms with Crippen LogP contribution in [0, 0.1) is 5.82 Å². The minimum atomic E-state index is -0.280. The van der Waals surface area contributed by atoms with E-state index in [4.69, 9.17) is 17.4 Å². The summed E-state index contributed by atoms with van der Waals surface area (Å²) in [6, 6.07) is 14.5. The number of hydrogen-bond acceptors (Lipinski definition) is 2. The summed E-state index contributed by atoms with van der Waals surface area (Å²) in [6.07, 6.45) is 2.62. The Balaban J connectivity index is 1.97. The molecular weight excluding hydrogens is 275 g/mol. The Bertz CT molecular complexity index is 545. The van der Waals surface area contributed by atoms with Crippen molar-refractivity contribution in [2.24, 2.45) is 5.84 Å².